The maximum absolute atomic E-state index is 5.85. The minimum Gasteiger partial charge on any atom is -0.346 e. The molecular formula is C12H13ClN2. The van der Waals surface area contributed by atoms with Gasteiger partial charge >= 0.3 is 0 Å². The molecule has 1 unspecified atom stereocenters. The van der Waals surface area contributed by atoms with E-state index in [1.807, 2.05) is 48.8 Å². The summed E-state index contributed by atoms with van der Waals surface area (Å²) in [6.45, 7) is 0.580. The fourth-order valence-corrected chi connectivity index (χ4v) is 1.80. The van der Waals surface area contributed by atoms with Crippen LogP contribution in [0.4, 0.5) is 0 Å². The highest BCUT2D eigenvalue weighted by Crippen LogP contribution is 2.19. The zero-order valence-corrected chi connectivity index (χ0v) is 9.06. The molecule has 2 aromatic rings. The third kappa shape index (κ3) is 2.22. The highest BCUT2D eigenvalue weighted by molar-refractivity contribution is 6.30. The maximum Gasteiger partial charge on any atom is 0.0702 e. The van der Waals surface area contributed by atoms with Crippen molar-refractivity contribution in [3.63, 3.8) is 0 Å². The highest BCUT2D eigenvalue weighted by Gasteiger charge is 2.09. The van der Waals surface area contributed by atoms with Crippen molar-refractivity contribution in [3.8, 4) is 0 Å². The SMILES string of the molecule is NCC(c1ccc(Cl)cc1)n1cccc1. The molecule has 1 aromatic carbocycles. The van der Waals surface area contributed by atoms with Gasteiger partial charge in [-0.05, 0) is 29.8 Å². The predicted molar refractivity (Wildman–Crippen MR) is 63.1 cm³/mol. The Morgan fingerprint density at radius 3 is 2.27 bits per heavy atom. The van der Waals surface area contributed by atoms with Crippen LogP contribution in [-0.2, 0) is 0 Å². The molecule has 1 aromatic heterocycles. The monoisotopic (exact) mass is 220 g/mol. The molecule has 0 saturated heterocycles. The van der Waals surface area contributed by atoms with E-state index < -0.39 is 0 Å². The molecule has 0 saturated carbocycles. The smallest absolute Gasteiger partial charge is 0.0702 e. The molecule has 0 spiro atoms. The summed E-state index contributed by atoms with van der Waals surface area (Å²) in [5.74, 6) is 0. The summed E-state index contributed by atoms with van der Waals surface area (Å²) in [6, 6.07) is 12.0. The number of nitrogens with two attached hydrogens (primary N) is 1. The molecular weight excluding hydrogens is 208 g/mol. The lowest BCUT2D eigenvalue weighted by Gasteiger charge is -2.17. The van der Waals surface area contributed by atoms with Crippen molar-refractivity contribution >= 4 is 11.6 Å². The zero-order valence-electron chi connectivity index (χ0n) is 8.31. The minimum absolute atomic E-state index is 0.192. The summed E-state index contributed by atoms with van der Waals surface area (Å²) in [6.07, 6.45) is 4.04. The molecule has 3 heteroatoms. The average Bonchev–Trinajstić information content (AvgIpc) is 2.75. The van der Waals surface area contributed by atoms with E-state index in [1.165, 1.54) is 5.56 Å². The lowest BCUT2D eigenvalue weighted by atomic mass is 10.1. The van der Waals surface area contributed by atoms with Gasteiger partial charge in [-0.3, -0.25) is 0 Å². The molecule has 0 radical (unpaired) electrons. The maximum atomic E-state index is 5.85. The van der Waals surface area contributed by atoms with Gasteiger partial charge in [0.15, 0.2) is 0 Å². The average molecular weight is 221 g/mol. The van der Waals surface area contributed by atoms with Crippen LogP contribution in [0, 0.1) is 0 Å². The van der Waals surface area contributed by atoms with Crippen LogP contribution in [0.25, 0.3) is 0 Å². The van der Waals surface area contributed by atoms with Crippen molar-refractivity contribution < 1.29 is 0 Å². The summed E-state index contributed by atoms with van der Waals surface area (Å²) in [7, 11) is 0. The van der Waals surface area contributed by atoms with Gasteiger partial charge in [0.05, 0.1) is 6.04 Å². The molecule has 1 atom stereocenters. The van der Waals surface area contributed by atoms with Gasteiger partial charge in [0.25, 0.3) is 0 Å². The Labute approximate surface area is 94.3 Å². The van der Waals surface area contributed by atoms with Crippen LogP contribution >= 0.6 is 11.6 Å². The number of nitrogens with zero attached hydrogens (tertiary/aromatic N) is 1. The van der Waals surface area contributed by atoms with Crippen molar-refractivity contribution in [1.82, 2.24) is 4.57 Å². The van der Waals surface area contributed by atoms with Crippen LogP contribution in [0.2, 0.25) is 5.02 Å². The summed E-state index contributed by atoms with van der Waals surface area (Å²) in [4.78, 5) is 0. The number of hydrogen-bond acceptors (Lipinski definition) is 1. The first kappa shape index (κ1) is 10.3. The quantitative estimate of drug-likeness (QED) is 0.847. The number of halogens is 1. The Balaban J connectivity index is 2.31. The molecule has 0 fully saturated rings. The van der Waals surface area contributed by atoms with Crippen LogP contribution in [0.3, 0.4) is 0 Å². The van der Waals surface area contributed by atoms with Gasteiger partial charge in [-0.2, -0.15) is 0 Å². The number of aromatic nitrogens is 1. The highest BCUT2D eigenvalue weighted by atomic mass is 35.5. The predicted octanol–water partition coefficient (Wildman–Crippen LogP) is 2.69. The number of rotatable bonds is 3. The van der Waals surface area contributed by atoms with E-state index >= 15 is 0 Å². The lowest BCUT2D eigenvalue weighted by molar-refractivity contribution is 0.598. The normalized spacial score (nSPS) is 12.7. The Morgan fingerprint density at radius 2 is 1.73 bits per heavy atom. The molecule has 0 amide bonds. The van der Waals surface area contributed by atoms with Crippen LogP contribution < -0.4 is 5.73 Å². The van der Waals surface area contributed by atoms with E-state index in [-0.39, 0.29) is 6.04 Å². The van der Waals surface area contributed by atoms with Gasteiger partial charge in [0, 0.05) is 24.0 Å². The van der Waals surface area contributed by atoms with Crippen molar-refractivity contribution in [2.24, 2.45) is 5.73 Å². The van der Waals surface area contributed by atoms with E-state index in [0.29, 0.717) is 6.54 Å². The van der Waals surface area contributed by atoms with Crippen LogP contribution in [0.5, 0.6) is 0 Å². The van der Waals surface area contributed by atoms with Gasteiger partial charge in [0.1, 0.15) is 0 Å². The first-order chi connectivity index (χ1) is 7.31. The van der Waals surface area contributed by atoms with Gasteiger partial charge in [-0.1, -0.05) is 23.7 Å². The molecule has 0 aliphatic heterocycles. The molecule has 1 heterocycles. The van der Waals surface area contributed by atoms with Gasteiger partial charge in [0.2, 0.25) is 0 Å². The van der Waals surface area contributed by atoms with Crippen LogP contribution in [0.15, 0.2) is 48.8 Å². The molecule has 0 aliphatic rings. The van der Waals surface area contributed by atoms with E-state index in [2.05, 4.69) is 4.57 Å². The van der Waals surface area contributed by atoms with E-state index in [4.69, 9.17) is 17.3 Å². The molecule has 0 bridgehead atoms. The van der Waals surface area contributed by atoms with Gasteiger partial charge < -0.3 is 10.3 Å². The molecule has 15 heavy (non-hydrogen) atoms. The third-order valence-electron chi connectivity index (χ3n) is 2.47. The van der Waals surface area contributed by atoms with E-state index in [1.54, 1.807) is 0 Å². The van der Waals surface area contributed by atoms with Crippen LogP contribution in [0.1, 0.15) is 11.6 Å². The standard InChI is InChI=1S/C12H13ClN2/c13-11-5-3-10(4-6-11)12(9-14)15-7-1-2-8-15/h1-8,12H,9,14H2. The fourth-order valence-electron chi connectivity index (χ4n) is 1.67. The molecule has 2 rings (SSSR count). The second-order valence-electron chi connectivity index (χ2n) is 3.43. The van der Waals surface area contributed by atoms with Gasteiger partial charge in [-0.15, -0.1) is 0 Å². The third-order valence-corrected chi connectivity index (χ3v) is 2.72. The van der Waals surface area contributed by atoms with E-state index in [9.17, 15) is 0 Å². The van der Waals surface area contributed by atoms with Crippen molar-refractivity contribution in [2.45, 2.75) is 6.04 Å². The summed E-state index contributed by atoms with van der Waals surface area (Å²) in [5.41, 5.74) is 6.96. The van der Waals surface area contributed by atoms with E-state index in [0.717, 1.165) is 5.02 Å². The first-order valence-electron chi connectivity index (χ1n) is 4.89. The van der Waals surface area contributed by atoms with Gasteiger partial charge in [-0.25, -0.2) is 0 Å². The van der Waals surface area contributed by atoms with Crippen molar-refractivity contribution in [2.75, 3.05) is 6.54 Å². The Morgan fingerprint density at radius 1 is 1.13 bits per heavy atom. The molecule has 2 nitrogen and oxygen atoms in total. The first-order valence-corrected chi connectivity index (χ1v) is 5.27. The lowest BCUT2D eigenvalue weighted by Crippen LogP contribution is -2.19. The topological polar surface area (TPSA) is 30.9 Å². The molecule has 2 N–H and O–H groups in total. The van der Waals surface area contributed by atoms with Crippen molar-refractivity contribution in [3.05, 3.63) is 59.4 Å². The second kappa shape index (κ2) is 4.51. The Kier molecular flexibility index (Phi) is 3.09. The summed E-state index contributed by atoms with van der Waals surface area (Å²) >= 11 is 5.85. The summed E-state index contributed by atoms with van der Waals surface area (Å²) in [5, 5.41) is 0.752. The van der Waals surface area contributed by atoms with Crippen molar-refractivity contribution in [1.29, 1.82) is 0 Å². The molecule has 0 aliphatic carbocycles. The Hall–Kier alpha value is -1.25. The Bertz CT molecular complexity index is 406. The van der Waals surface area contributed by atoms with Crippen LogP contribution in [-0.4, -0.2) is 11.1 Å². The number of benzene rings is 1. The largest absolute Gasteiger partial charge is 0.346 e. The minimum atomic E-state index is 0.192. The fraction of sp³-hybridized carbons (Fsp3) is 0.167. The summed E-state index contributed by atoms with van der Waals surface area (Å²) < 4.78 is 2.10. The second-order valence-corrected chi connectivity index (χ2v) is 3.87. The molecule has 78 valence electrons. The zero-order chi connectivity index (χ0) is 10.7. The number of hydrogen-bond donors (Lipinski definition) is 1.